The molecular formula is C8H8Cl2. The lowest BCUT2D eigenvalue weighted by Crippen LogP contribution is -1.82. The zero-order valence-electron chi connectivity index (χ0n) is 5.70. The van der Waals surface area contributed by atoms with Crippen molar-refractivity contribution in [1.29, 1.82) is 0 Å². The average molecular weight is 175 g/mol. The van der Waals surface area contributed by atoms with E-state index in [0.717, 1.165) is 16.1 Å². The second-order valence-corrected chi connectivity index (χ2v) is 2.91. The van der Waals surface area contributed by atoms with E-state index in [0.29, 0.717) is 5.88 Å². The second-order valence-electron chi connectivity index (χ2n) is 2.20. The van der Waals surface area contributed by atoms with Crippen LogP contribution in [0.15, 0.2) is 18.2 Å². The van der Waals surface area contributed by atoms with Gasteiger partial charge in [0.2, 0.25) is 0 Å². The number of alkyl halides is 1. The molecular weight excluding hydrogens is 167 g/mol. The lowest BCUT2D eigenvalue weighted by atomic mass is 10.1. The van der Waals surface area contributed by atoms with Gasteiger partial charge in [0, 0.05) is 10.9 Å². The van der Waals surface area contributed by atoms with Crippen LogP contribution in [0.1, 0.15) is 11.1 Å². The van der Waals surface area contributed by atoms with Crippen LogP contribution in [-0.2, 0) is 5.88 Å². The maximum Gasteiger partial charge on any atom is 0.0476 e. The van der Waals surface area contributed by atoms with Crippen LogP contribution in [0.3, 0.4) is 0 Å². The SMILES string of the molecule is Cc1cc(Cl)ccc1CCl. The Morgan fingerprint density at radius 3 is 2.60 bits per heavy atom. The van der Waals surface area contributed by atoms with Crippen LogP contribution in [0.5, 0.6) is 0 Å². The molecule has 1 aromatic rings. The lowest BCUT2D eigenvalue weighted by Gasteiger charge is -1.99. The van der Waals surface area contributed by atoms with Crippen molar-refractivity contribution in [3.8, 4) is 0 Å². The van der Waals surface area contributed by atoms with E-state index < -0.39 is 0 Å². The van der Waals surface area contributed by atoms with Crippen LogP contribution in [0.2, 0.25) is 5.02 Å². The fourth-order valence-electron chi connectivity index (χ4n) is 0.809. The van der Waals surface area contributed by atoms with E-state index in [1.165, 1.54) is 0 Å². The summed E-state index contributed by atoms with van der Waals surface area (Å²) in [6.07, 6.45) is 0. The van der Waals surface area contributed by atoms with Gasteiger partial charge in [-0.15, -0.1) is 11.6 Å². The van der Waals surface area contributed by atoms with Gasteiger partial charge in [0.05, 0.1) is 0 Å². The third-order valence-electron chi connectivity index (χ3n) is 1.45. The van der Waals surface area contributed by atoms with Crippen LogP contribution in [0.25, 0.3) is 0 Å². The van der Waals surface area contributed by atoms with Crippen LogP contribution in [0, 0.1) is 6.92 Å². The summed E-state index contributed by atoms with van der Waals surface area (Å²) in [6.45, 7) is 2.00. The molecule has 0 atom stereocenters. The molecule has 1 aromatic carbocycles. The molecule has 0 saturated carbocycles. The van der Waals surface area contributed by atoms with Gasteiger partial charge in [0.1, 0.15) is 0 Å². The number of halogens is 2. The van der Waals surface area contributed by atoms with Crippen molar-refractivity contribution in [3.05, 3.63) is 34.3 Å². The predicted octanol–water partition coefficient (Wildman–Crippen LogP) is 3.39. The molecule has 1 rings (SSSR count). The van der Waals surface area contributed by atoms with Gasteiger partial charge in [-0.3, -0.25) is 0 Å². The third-order valence-corrected chi connectivity index (χ3v) is 1.97. The molecule has 0 heterocycles. The van der Waals surface area contributed by atoms with E-state index in [9.17, 15) is 0 Å². The highest BCUT2D eigenvalue weighted by molar-refractivity contribution is 6.30. The fourth-order valence-corrected chi connectivity index (χ4v) is 1.34. The lowest BCUT2D eigenvalue weighted by molar-refractivity contribution is 1.30. The van der Waals surface area contributed by atoms with Crippen LogP contribution in [0.4, 0.5) is 0 Å². The van der Waals surface area contributed by atoms with Crippen molar-refractivity contribution in [2.24, 2.45) is 0 Å². The molecule has 0 radical (unpaired) electrons. The molecule has 0 spiro atoms. The second kappa shape index (κ2) is 3.27. The number of hydrogen-bond acceptors (Lipinski definition) is 0. The minimum Gasteiger partial charge on any atom is -0.122 e. The predicted molar refractivity (Wildman–Crippen MR) is 45.7 cm³/mol. The maximum absolute atomic E-state index is 5.73. The summed E-state index contributed by atoms with van der Waals surface area (Å²) in [5.74, 6) is 0.559. The largest absolute Gasteiger partial charge is 0.122 e. The van der Waals surface area contributed by atoms with E-state index in [1.807, 2.05) is 25.1 Å². The Hall–Kier alpha value is -0.200. The minimum absolute atomic E-state index is 0.559. The molecule has 0 amide bonds. The van der Waals surface area contributed by atoms with Gasteiger partial charge in [-0.1, -0.05) is 17.7 Å². The summed E-state index contributed by atoms with van der Waals surface area (Å²) in [4.78, 5) is 0. The number of hydrogen-bond donors (Lipinski definition) is 0. The van der Waals surface area contributed by atoms with Crippen LogP contribution >= 0.6 is 23.2 Å². The van der Waals surface area contributed by atoms with E-state index in [1.54, 1.807) is 0 Å². The highest BCUT2D eigenvalue weighted by atomic mass is 35.5. The zero-order chi connectivity index (χ0) is 7.56. The molecule has 0 saturated heterocycles. The molecule has 0 aliphatic carbocycles. The number of benzene rings is 1. The summed E-state index contributed by atoms with van der Waals surface area (Å²) in [5, 5.41) is 0.770. The molecule has 0 nitrogen and oxygen atoms in total. The first-order valence-corrected chi connectivity index (χ1v) is 3.96. The highest BCUT2D eigenvalue weighted by Crippen LogP contribution is 2.16. The van der Waals surface area contributed by atoms with Crippen LogP contribution in [-0.4, -0.2) is 0 Å². The Labute approximate surface area is 70.8 Å². The fraction of sp³-hybridized carbons (Fsp3) is 0.250. The Kier molecular flexibility index (Phi) is 2.58. The Morgan fingerprint density at radius 2 is 2.10 bits per heavy atom. The van der Waals surface area contributed by atoms with Crippen molar-refractivity contribution in [2.45, 2.75) is 12.8 Å². The van der Waals surface area contributed by atoms with Crippen molar-refractivity contribution < 1.29 is 0 Å². The van der Waals surface area contributed by atoms with E-state index >= 15 is 0 Å². The first-order chi connectivity index (χ1) is 4.74. The number of rotatable bonds is 1. The molecule has 0 N–H and O–H groups in total. The minimum atomic E-state index is 0.559. The molecule has 0 fully saturated rings. The van der Waals surface area contributed by atoms with Crippen molar-refractivity contribution in [2.75, 3.05) is 0 Å². The van der Waals surface area contributed by atoms with Gasteiger partial charge in [-0.05, 0) is 30.2 Å². The van der Waals surface area contributed by atoms with Gasteiger partial charge in [0.15, 0.2) is 0 Å². The summed E-state index contributed by atoms with van der Waals surface area (Å²) >= 11 is 11.4. The Morgan fingerprint density at radius 1 is 1.40 bits per heavy atom. The average Bonchev–Trinajstić information content (AvgIpc) is 1.88. The molecule has 0 aromatic heterocycles. The van der Waals surface area contributed by atoms with Gasteiger partial charge in [-0.25, -0.2) is 0 Å². The van der Waals surface area contributed by atoms with Gasteiger partial charge in [-0.2, -0.15) is 0 Å². The quantitative estimate of drug-likeness (QED) is 0.574. The Balaban J connectivity index is 3.07. The highest BCUT2D eigenvalue weighted by Gasteiger charge is 1.95. The van der Waals surface area contributed by atoms with Crippen molar-refractivity contribution >= 4 is 23.2 Å². The first kappa shape index (κ1) is 7.90. The molecule has 0 unspecified atom stereocenters. The Bertz CT molecular complexity index is 231. The van der Waals surface area contributed by atoms with Gasteiger partial charge in [0.25, 0.3) is 0 Å². The monoisotopic (exact) mass is 174 g/mol. The molecule has 54 valence electrons. The summed E-state index contributed by atoms with van der Waals surface area (Å²) in [5.41, 5.74) is 2.30. The first-order valence-electron chi connectivity index (χ1n) is 3.05. The van der Waals surface area contributed by atoms with E-state index in [4.69, 9.17) is 23.2 Å². The van der Waals surface area contributed by atoms with E-state index in [-0.39, 0.29) is 0 Å². The van der Waals surface area contributed by atoms with Crippen LogP contribution < -0.4 is 0 Å². The molecule has 0 bridgehead atoms. The zero-order valence-corrected chi connectivity index (χ0v) is 7.21. The smallest absolute Gasteiger partial charge is 0.0476 e. The van der Waals surface area contributed by atoms with Gasteiger partial charge >= 0.3 is 0 Å². The van der Waals surface area contributed by atoms with Crippen molar-refractivity contribution in [3.63, 3.8) is 0 Å². The maximum atomic E-state index is 5.73. The molecule has 2 heteroatoms. The summed E-state index contributed by atoms with van der Waals surface area (Å²) in [6, 6.07) is 5.72. The van der Waals surface area contributed by atoms with Crippen molar-refractivity contribution in [1.82, 2.24) is 0 Å². The molecule has 10 heavy (non-hydrogen) atoms. The standard InChI is InChI=1S/C8H8Cl2/c1-6-4-8(10)3-2-7(6)5-9/h2-4H,5H2,1H3. The third kappa shape index (κ3) is 1.65. The summed E-state index contributed by atoms with van der Waals surface area (Å²) in [7, 11) is 0. The normalized spacial score (nSPS) is 9.90. The molecule has 0 aliphatic heterocycles. The molecule has 0 aliphatic rings. The van der Waals surface area contributed by atoms with Gasteiger partial charge < -0.3 is 0 Å². The number of aryl methyl sites for hydroxylation is 1. The topological polar surface area (TPSA) is 0 Å². The summed E-state index contributed by atoms with van der Waals surface area (Å²) < 4.78 is 0. The van der Waals surface area contributed by atoms with E-state index in [2.05, 4.69) is 0 Å².